The van der Waals surface area contributed by atoms with E-state index in [1.165, 1.54) is 19.1 Å². The maximum absolute atomic E-state index is 14.0. The van der Waals surface area contributed by atoms with E-state index in [1.807, 2.05) is 6.07 Å². The van der Waals surface area contributed by atoms with Crippen molar-refractivity contribution in [3.05, 3.63) is 58.7 Å². The highest BCUT2D eigenvalue weighted by Gasteiger charge is 2.45. The summed E-state index contributed by atoms with van der Waals surface area (Å²) in [5.74, 6) is -2.55. The average molecular weight is 507 g/mol. The summed E-state index contributed by atoms with van der Waals surface area (Å²) >= 11 is 0. The largest absolute Gasteiger partial charge is 0.493 e. The van der Waals surface area contributed by atoms with Crippen molar-refractivity contribution < 1.29 is 33.8 Å². The monoisotopic (exact) mass is 506 g/mol. The Morgan fingerprint density at radius 2 is 1.59 bits per heavy atom. The van der Waals surface area contributed by atoms with Crippen molar-refractivity contribution in [3.63, 3.8) is 0 Å². The van der Waals surface area contributed by atoms with Gasteiger partial charge >= 0.3 is 5.97 Å². The van der Waals surface area contributed by atoms with Crippen molar-refractivity contribution in [1.29, 1.82) is 0 Å². The third-order valence-electron chi connectivity index (χ3n) is 7.92. The second-order valence-corrected chi connectivity index (χ2v) is 9.77. The summed E-state index contributed by atoms with van der Waals surface area (Å²) in [5, 5.41) is 9.82. The van der Waals surface area contributed by atoms with E-state index in [-0.39, 0.29) is 12.5 Å². The number of carbonyl (C=O) groups excluding carboxylic acids is 3. The van der Waals surface area contributed by atoms with Crippen molar-refractivity contribution in [2.75, 3.05) is 27.3 Å². The van der Waals surface area contributed by atoms with Gasteiger partial charge < -0.3 is 19.5 Å². The summed E-state index contributed by atoms with van der Waals surface area (Å²) in [6.07, 6.45) is 3.03. The molecule has 3 aliphatic rings. The zero-order valence-corrected chi connectivity index (χ0v) is 20.9. The fraction of sp³-hybridized carbons (Fsp3) is 0.429. The smallest absolute Gasteiger partial charge is 0.307 e. The van der Waals surface area contributed by atoms with Gasteiger partial charge in [0, 0.05) is 12.1 Å². The van der Waals surface area contributed by atoms with Crippen molar-refractivity contribution in [2.24, 2.45) is 11.8 Å². The Bertz CT molecular complexity index is 1240. The van der Waals surface area contributed by atoms with Crippen molar-refractivity contribution >= 4 is 23.7 Å². The molecule has 2 aromatic rings. The highest BCUT2D eigenvalue weighted by atomic mass is 16.5. The molecule has 0 radical (unpaired) electrons. The predicted molar refractivity (Wildman–Crippen MR) is 133 cm³/mol. The molecule has 9 nitrogen and oxygen atoms in total. The predicted octanol–water partition coefficient (Wildman–Crippen LogP) is 3.32. The highest BCUT2D eigenvalue weighted by Crippen LogP contribution is 2.44. The zero-order chi connectivity index (χ0) is 26.3. The third kappa shape index (κ3) is 4.12. The van der Waals surface area contributed by atoms with Crippen LogP contribution in [0.2, 0.25) is 0 Å². The Morgan fingerprint density at radius 1 is 0.946 bits per heavy atom. The molecule has 1 saturated carbocycles. The standard InChI is InChI=1S/C28H30N2O7/c1-36-22-12-11-16-13-14-29(25(31)19-9-5-6-10-20(19)28(34)35)21(23(16)24(22)37-2)15-30-26(32)17-7-3-4-8-18(17)27(30)33/h3-4,7-8,11-12,19-21H,5-6,9-10,13-15H2,1-2H3,(H,34,35). The molecule has 0 bridgehead atoms. The summed E-state index contributed by atoms with van der Waals surface area (Å²) in [4.78, 5) is 55.3. The quantitative estimate of drug-likeness (QED) is 0.598. The van der Waals surface area contributed by atoms with Gasteiger partial charge in [-0.3, -0.25) is 24.1 Å². The van der Waals surface area contributed by atoms with Gasteiger partial charge in [0.2, 0.25) is 5.91 Å². The molecule has 0 aromatic heterocycles. The van der Waals surface area contributed by atoms with Crippen LogP contribution in [-0.2, 0) is 16.0 Å². The van der Waals surface area contributed by atoms with Crippen LogP contribution in [0.3, 0.4) is 0 Å². The maximum Gasteiger partial charge on any atom is 0.307 e. The molecule has 3 amide bonds. The highest BCUT2D eigenvalue weighted by molar-refractivity contribution is 6.21. The normalized spacial score (nSPS) is 22.9. The minimum Gasteiger partial charge on any atom is -0.493 e. The molecule has 9 heteroatoms. The van der Waals surface area contributed by atoms with Gasteiger partial charge in [0.05, 0.1) is 49.8 Å². The van der Waals surface area contributed by atoms with Crippen LogP contribution in [-0.4, -0.2) is 65.9 Å². The lowest BCUT2D eigenvalue weighted by molar-refractivity contribution is -0.153. The number of hydrogen-bond acceptors (Lipinski definition) is 6. The van der Waals surface area contributed by atoms with Gasteiger partial charge in [-0.15, -0.1) is 0 Å². The molecule has 1 aliphatic carbocycles. The summed E-state index contributed by atoms with van der Waals surface area (Å²) in [5.41, 5.74) is 2.27. The Morgan fingerprint density at radius 3 is 2.19 bits per heavy atom. The second-order valence-electron chi connectivity index (χ2n) is 9.77. The van der Waals surface area contributed by atoms with Gasteiger partial charge in [-0.25, -0.2) is 0 Å². The molecule has 1 fully saturated rings. The molecular weight excluding hydrogens is 476 g/mol. The molecular formula is C28H30N2O7. The van der Waals surface area contributed by atoms with Gasteiger partial charge in [0.25, 0.3) is 11.8 Å². The number of aliphatic carboxylic acids is 1. The lowest BCUT2D eigenvalue weighted by atomic mass is 9.77. The number of methoxy groups -OCH3 is 2. The molecule has 2 aromatic carbocycles. The summed E-state index contributed by atoms with van der Waals surface area (Å²) in [7, 11) is 3.04. The molecule has 3 unspecified atom stereocenters. The Balaban J connectivity index is 1.58. The van der Waals surface area contributed by atoms with Gasteiger partial charge in [-0.2, -0.15) is 0 Å². The van der Waals surface area contributed by atoms with Crippen molar-refractivity contribution in [1.82, 2.24) is 9.80 Å². The summed E-state index contributed by atoms with van der Waals surface area (Å²) in [6.45, 7) is 0.275. The third-order valence-corrected chi connectivity index (χ3v) is 7.92. The van der Waals surface area contributed by atoms with Gasteiger partial charge in [0.15, 0.2) is 11.5 Å². The number of nitrogens with zero attached hydrogens (tertiary/aromatic N) is 2. The molecule has 1 N–H and O–H groups in total. The molecule has 5 rings (SSSR count). The van der Waals surface area contributed by atoms with Gasteiger partial charge in [-0.1, -0.05) is 31.0 Å². The number of amides is 3. The Hall–Kier alpha value is -3.88. The van der Waals surface area contributed by atoms with Gasteiger partial charge in [-0.05, 0) is 43.0 Å². The fourth-order valence-corrected chi connectivity index (χ4v) is 6.09. The zero-order valence-electron chi connectivity index (χ0n) is 20.9. The number of rotatable bonds is 6. The van der Waals surface area contributed by atoms with E-state index in [9.17, 15) is 24.3 Å². The summed E-state index contributed by atoms with van der Waals surface area (Å²) < 4.78 is 11.3. The number of hydrogen-bond donors (Lipinski definition) is 1. The molecule has 3 atom stereocenters. The average Bonchev–Trinajstić information content (AvgIpc) is 3.16. The first-order valence-corrected chi connectivity index (χ1v) is 12.6. The lowest BCUT2D eigenvalue weighted by Crippen LogP contribution is -2.50. The van der Waals surface area contributed by atoms with Gasteiger partial charge in [0.1, 0.15) is 0 Å². The second kappa shape index (κ2) is 9.88. The molecule has 37 heavy (non-hydrogen) atoms. The molecule has 194 valence electrons. The lowest BCUT2D eigenvalue weighted by Gasteiger charge is -2.42. The van der Waals surface area contributed by atoms with E-state index in [2.05, 4.69) is 0 Å². The summed E-state index contributed by atoms with van der Waals surface area (Å²) in [6, 6.07) is 9.67. The number of benzene rings is 2. The van der Waals surface area contributed by atoms with E-state index in [0.717, 1.165) is 18.4 Å². The van der Waals surface area contributed by atoms with E-state index < -0.39 is 35.7 Å². The number of imide groups is 1. The van der Waals surface area contributed by atoms with Crippen LogP contribution >= 0.6 is 0 Å². The topological polar surface area (TPSA) is 113 Å². The van der Waals surface area contributed by atoms with Crippen LogP contribution < -0.4 is 9.47 Å². The van der Waals surface area contributed by atoms with E-state index >= 15 is 0 Å². The molecule has 0 spiro atoms. The first-order chi connectivity index (χ1) is 17.9. The van der Waals surface area contributed by atoms with Crippen LogP contribution in [0.15, 0.2) is 36.4 Å². The van der Waals surface area contributed by atoms with Crippen LogP contribution in [0.25, 0.3) is 0 Å². The Kier molecular flexibility index (Phi) is 6.62. The minimum atomic E-state index is -0.966. The van der Waals surface area contributed by atoms with Crippen molar-refractivity contribution in [3.8, 4) is 11.5 Å². The fourth-order valence-electron chi connectivity index (χ4n) is 6.09. The number of ether oxygens (including phenoxy) is 2. The van der Waals surface area contributed by atoms with E-state index in [0.29, 0.717) is 54.0 Å². The number of carbonyl (C=O) groups is 4. The Labute approximate surface area is 214 Å². The maximum atomic E-state index is 14.0. The van der Waals surface area contributed by atoms with E-state index in [4.69, 9.17) is 9.47 Å². The van der Waals surface area contributed by atoms with Crippen LogP contribution in [0.5, 0.6) is 11.5 Å². The van der Waals surface area contributed by atoms with Crippen LogP contribution in [0, 0.1) is 11.8 Å². The van der Waals surface area contributed by atoms with E-state index in [1.54, 1.807) is 35.2 Å². The van der Waals surface area contributed by atoms with Crippen LogP contribution in [0.1, 0.15) is 63.6 Å². The number of fused-ring (bicyclic) bond motifs is 2. The number of carboxylic acid groups (broad SMARTS) is 1. The minimum absolute atomic E-state index is 0.0704. The van der Waals surface area contributed by atoms with Crippen LogP contribution in [0.4, 0.5) is 0 Å². The first kappa shape index (κ1) is 24.8. The first-order valence-electron chi connectivity index (χ1n) is 12.6. The number of carboxylic acids is 1. The molecule has 2 aliphatic heterocycles. The molecule has 0 saturated heterocycles. The van der Waals surface area contributed by atoms with Crippen molar-refractivity contribution in [2.45, 2.75) is 38.1 Å². The molecule has 2 heterocycles. The SMILES string of the molecule is COc1ccc2c(c1OC)C(CN1C(=O)c3ccccc3C1=O)N(C(=O)C1CCCCC1C(=O)O)CC2.